The van der Waals surface area contributed by atoms with Gasteiger partial charge in [-0.25, -0.2) is 9.83 Å². The summed E-state index contributed by atoms with van der Waals surface area (Å²) in [4.78, 5) is 54.6. The number of carbonyl (C=O) groups is 3. The standard InChI is InChI=1S/C41H35N5O4S/c1-42-33-10-4-2-7-28(33)23-35(47)36-24-29-16-20-46(34-11-5-3-8-31(34)37(29)51-36)40(49)27-12-14-30(15-13-27)44-39(48)32-9-6-19-43-38(32)45-25-41(26-45)17-21-50-22-18-41/h2-15,19,24H,16-18,20-23,25-26H2,(H,44,48). The van der Waals surface area contributed by atoms with Crippen LogP contribution >= 0.6 is 11.3 Å². The first kappa shape index (κ1) is 32.6. The largest absolute Gasteiger partial charge is 0.381 e. The summed E-state index contributed by atoms with van der Waals surface area (Å²) in [5, 5.41) is 3.00. The van der Waals surface area contributed by atoms with Gasteiger partial charge in [-0.1, -0.05) is 42.5 Å². The lowest BCUT2D eigenvalue weighted by molar-refractivity contribution is -0.000510. The number of pyridine rings is 1. The number of Topliss-reactive ketones (excluding diaryl/α,β-unsaturated/α-hetero) is 1. The van der Waals surface area contributed by atoms with Gasteiger partial charge in [0.05, 0.1) is 22.7 Å². The maximum Gasteiger partial charge on any atom is 0.259 e. The molecule has 3 aromatic carbocycles. The fourth-order valence-electron chi connectivity index (χ4n) is 7.38. The van der Waals surface area contributed by atoms with Crippen molar-refractivity contribution in [2.45, 2.75) is 25.7 Å². The number of ether oxygens (including phenoxy) is 1. The zero-order valence-electron chi connectivity index (χ0n) is 27.9. The number of aromatic nitrogens is 1. The Bertz CT molecular complexity index is 2190. The molecule has 0 radical (unpaired) electrons. The number of fused-ring (bicyclic) bond motifs is 3. The van der Waals surface area contributed by atoms with Gasteiger partial charge in [0.1, 0.15) is 5.82 Å². The molecule has 2 amide bonds. The summed E-state index contributed by atoms with van der Waals surface area (Å²) in [5.41, 5.74) is 5.80. The van der Waals surface area contributed by atoms with E-state index in [1.807, 2.05) is 42.5 Å². The molecule has 3 aliphatic heterocycles. The smallest absolute Gasteiger partial charge is 0.259 e. The molecule has 0 atom stereocenters. The minimum Gasteiger partial charge on any atom is -0.381 e. The van der Waals surface area contributed by atoms with Crippen LogP contribution in [0.2, 0.25) is 0 Å². The van der Waals surface area contributed by atoms with Crippen molar-refractivity contribution in [2.75, 3.05) is 48.0 Å². The Balaban J connectivity index is 0.967. The van der Waals surface area contributed by atoms with E-state index in [1.165, 1.54) is 11.3 Å². The normalized spacial score (nSPS) is 15.9. The van der Waals surface area contributed by atoms with Crippen LogP contribution in [0.4, 0.5) is 22.9 Å². The third kappa shape index (κ3) is 6.31. The van der Waals surface area contributed by atoms with Crippen molar-refractivity contribution >= 4 is 51.8 Å². The third-order valence-electron chi connectivity index (χ3n) is 10.2. The van der Waals surface area contributed by atoms with Crippen molar-refractivity contribution in [1.82, 2.24) is 4.98 Å². The maximum atomic E-state index is 14.0. The van der Waals surface area contributed by atoms with Gasteiger partial charge in [0.15, 0.2) is 11.5 Å². The predicted octanol–water partition coefficient (Wildman–Crippen LogP) is 7.86. The van der Waals surface area contributed by atoms with Crippen molar-refractivity contribution in [3.63, 3.8) is 0 Å². The molecule has 2 saturated heterocycles. The minimum absolute atomic E-state index is 0.0227. The Morgan fingerprint density at radius 2 is 1.71 bits per heavy atom. The molecule has 5 heterocycles. The van der Waals surface area contributed by atoms with E-state index in [1.54, 1.807) is 59.6 Å². The molecule has 254 valence electrons. The van der Waals surface area contributed by atoms with E-state index < -0.39 is 0 Å². The molecular weight excluding hydrogens is 659 g/mol. The summed E-state index contributed by atoms with van der Waals surface area (Å²) in [6.45, 7) is 11.2. The summed E-state index contributed by atoms with van der Waals surface area (Å²) in [5.74, 6) is 0.280. The van der Waals surface area contributed by atoms with Gasteiger partial charge in [-0.3, -0.25) is 14.4 Å². The lowest BCUT2D eigenvalue weighted by Gasteiger charge is -2.53. The first-order valence-corrected chi connectivity index (χ1v) is 17.9. The number of nitrogens with zero attached hydrogens (tertiary/aromatic N) is 4. The monoisotopic (exact) mass is 693 g/mol. The summed E-state index contributed by atoms with van der Waals surface area (Å²) < 4.78 is 5.55. The summed E-state index contributed by atoms with van der Waals surface area (Å²) in [6, 6.07) is 27.5. The molecule has 0 unspecified atom stereocenters. The van der Waals surface area contributed by atoms with Crippen molar-refractivity contribution < 1.29 is 19.1 Å². The number of para-hydroxylation sites is 2. The number of hydrogen-bond donors (Lipinski definition) is 1. The van der Waals surface area contributed by atoms with Crippen molar-refractivity contribution in [3.8, 4) is 10.4 Å². The zero-order chi connectivity index (χ0) is 35.0. The number of rotatable bonds is 7. The van der Waals surface area contributed by atoms with E-state index in [4.69, 9.17) is 11.3 Å². The van der Waals surface area contributed by atoms with Crippen LogP contribution in [-0.4, -0.2) is 55.4 Å². The number of ketones is 1. The molecule has 10 heteroatoms. The zero-order valence-corrected chi connectivity index (χ0v) is 28.7. The highest BCUT2D eigenvalue weighted by atomic mass is 32.1. The first-order valence-electron chi connectivity index (χ1n) is 17.1. The van der Waals surface area contributed by atoms with Gasteiger partial charge in [-0.05, 0) is 78.9 Å². The fourth-order valence-corrected chi connectivity index (χ4v) is 8.57. The highest BCUT2D eigenvalue weighted by Gasteiger charge is 2.45. The highest BCUT2D eigenvalue weighted by Crippen LogP contribution is 2.43. The van der Waals surface area contributed by atoms with Gasteiger partial charge in [0.25, 0.3) is 11.8 Å². The molecule has 0 saturated carbocycles. The second-order valence-corrected chi connectivity index (χ2v) is 14.5. The van der Waals surface area contributed by atoms with Crippen LogP contribution in [0.1, 0.15) is 54.4 Å². The average Bonchev–Trinajstić information content (AvgIpc) is 3.52. The number of anilines is 3. The SMILES string of the molecule is [C-]#[N+]c1ccccc1CC(=O)c1cc2c(s1)-c1ccccc1N(C(=O)c1ccc(NC(=O)c3cccnc3N3CC4(CCOCC4)C3)cc1)CC2. The van der Waals surface area contributed by atoms with E-state index in [2.05, 4.69) is 20.0 Å². The Morgan fingerprint density at radius 3 is 2.51 bits per heavy atom. The molecular formula is C41H35N5O4S. The molecule has 0 bridgehead atoms. The van der Waals surface area contributed by atoms with Crippen LogP contribution in [0.15, 0.2) is 97.2 Å². The van der Waals surface area contributed by atoms with Crippen LogP contribution in [-0.2, 0) is 17.6 Å². The van der Waals surface area contributed by atoms with Crippen LogP contribution in [0.5, 0.6) is 0 Å². The lowest BCUT2D eigenvalue weighted by Crippen LogP contribution is -2.59. The van der Waals surface area contributed by atoms with Crippen LogP contribution < -0.4 is 15.1 Å². The highest BCUT2D eigenvalue weighted by molar-refractivity contribution is 7.17. The van der Waals surface area contributed by atoms with Gasteiger partial charge in [-0.15, -0.1) is 11.3 Å². The molecule has 3 aliphatic rings. The Labute approximate surface area is 300 Å². The van der Waals surface area contributed by atoms with Crippen molar-refractivity contribution in [1.29, 1.82) is 0 Å². The topological polar surface area (TPSA) is 96.2 Å². The Morgan fingerprint density at radius 1 is 0.941 bits per heavy atom. The second kappa shape index (κ2) is 13.6. The molecule has 8 rings (SSSR count). The van der Waals surface area contributed by atoms with Crippen LogP contribution in [0.25, 0.3) is 15.3 Å². The Kier molecular flexibility index (Phi) is 8.68. The van der Waals surface area contributed by atoms with Gasteiger partial charge >= 0.3 is 0 Å². The van der Waals surface area contributed by atoms with Gasteiger partial charge in [0.2, 0.25) is 0 Å². The number of hydrogen-bond acceptors (Lipinski definition) is 7. The van der Waals surface area contributed by atoms with Gasteiger partial charge < -0.3 is 19.9 Å². The number of benzene rings is 3. The maximum absolute atomic E-state index is 14.0. The number of amides is 2. The summed E-state index contributed by atoms with van der Waals surface area (Å²) >= 11 is 1.44. The van der Waals surface area contributed by atoms with E-state index >= 15 is 0 Å². The molecule has 5 aromatic rings. The molecule has 2 aromatic heterocycles. The first-order chi connectivity index (χ1) is 24.9. The predicted molar refractivity (Wildman–Crippen MR) is 199 cm³/mol. The number of carbonyl (C=O) groups excluding carboxylic acids is 3. The van der Waals surface area contributed by atoms with E-state index in [9.17, 15) is 14.4 Å². The van der Waals surface area contributed by atoms with E-state index in [-0.39, 0.29) is 29.4 Å². The molecule has 1 spiro atoms. The van der Waals surface area contributed by atoms with E-state index in [0.29, 0.717) is 46.2 Å². The number of thiophene rings is 1. The third-order valence-corrected chi connectivity index (χ3v) is 11.4. The van der Waals surface area contributed by atoms with Crippen LogP contribution in [0, 0.1) is 12.0 Å². The van der Waals surface area contributed by atoms with Gasteiger partial charge in [-0.2, -0.15) is 0 Å². The van der Waals surface area contributed by atoms with Crippen molar-refractivity contribution in [3.05, 3.63) is 136 Å². The molecule has 9 nitrogen and oxygen atoms in total. The van der Waals surface area contributed by atoms with E-state index in [0.717, 1.165) is 66.4 Å². The fraction of sp³-hybridized carbons (Fsp3) is 0.244. The number of nitrogens with one attached hydrogen (secondary N) is 1. The summed E-state index contributed by atoms with van der Waals surface area (Å²) in [7, 11) is 0. The second-order valence-electron chi connectivity index (χ2n) is 13.4. The van der Waals surface area contributed by atoms with Gasteiger partial charge in [0, 0.05) is 72.6 Å². The Hall–Kier alpha value is -5.63. The summed E-state index contributed by atoms with van der Waals surface area (Å²) in [6.07, 6.45) is 4.54. The molecule has 2 fully saturated rings. The lowest BCUT2D eigenvalue weighted by atomic mass is 9.73. The average molecular weight is 694 g/mol. The van der Waals surface area contributed by atoms with Crippen molar-refractivity contribution in [2.24, 2.45) is 5.41 Å². The molecule has 51 heavy (non-hydrogen) atoms. The molecule has 0 aliphatic carbocycles. The van der Waals surface area contributed by atoms with Crippen LogP contribution in [0.3, 0.4) is 0 Å². The minimum atomic E-state index is -0.244. The quantitative estimate of drug-likeness (QED) is 0.138. The molecule has 1 N–H and O–H groups in total.